The topological polar surface area (TPSA) is 72.2 Å². The summed E-state index contributed by atoms with van der Waals surface area (Å²) in [5, 5.41) is 14.2. The molecule has 0 aromatic heterocycles. The fourth-order valence-electron chi connectivity index (χ4n) is 2.38. The van der Waals surface area contributed by atoms with Gasteiger partial charge in [0.05, 0.1) is 10.3 Å². The second-order valence-electron chi connectivity index (χ2n) is 4.78. The Morgan fingerprint density at radius 2 is 1.95 bits per heavy atom. The number of non-ortho nitro benzene ring substituents is 1. The van der Waals surface area contributed by atoms with E-state index in [0.29, 0.717) is 24.9 Å². The molecule has 0 atom stereocenters. The number of carbonyl (C=O) groups is 1. The lowest BCUT2D eigenvalue weighted by atomic mass is 9.75. The van der Waals surface area contributed by atoms with Gasteiger partial charge in [0, 0.05) is 24.4 Å². The van der Waals surface area contributed by atoms with Crippen molar-refractivity contribution in [3.8, 4) is 0 Å². The number of benzene rings is 1. The number of anilines is 1. The Bertz CT molecular complexity index is 542. The van der Waals surface area contributed by atoms with Gasteiger partial charge in [-0.15, -0.1) is 13.2 Å². The number of nitrogens with zero attached hydrogens (tertiary/aromatic N) is 1. The minimum absolute atomic E-state index is 0.0361. The molecule has 5 nitrogen and oxygen atoms in total. The minimum atomic E-state index is -0.882. The van der Waals surface area contributed by atoms with E-state index in [4.69, 9.17) is 0 Å². The Balaban J connectivity index is 3.54. The third-order valence-corrected chi connectivity index (χ3v) is 3.36. The van der Waals surface area contributed by atoms with Gasteiger partial charge in [-0.25, -0.2) is 0 Å². The molecule has 1 rings (SSSR count). The number of nitro groups is 1. The van der Waals surface area contributed by atoms with Gasteiger partial charge in [-0.1, -0.05) is 12.2 Å². The smallest absolute Gasteiger partial charge is 0.269 e. The Morgan fingerprint density at radius 1 is 1.33 bits per heavy atom. The average molecular weight is 288 g/mol. The molecule has 112 valence electrons. The third-order valence-electron chi connectivity index (χ3n) is 3.36. The Morgan fingerprint density at radius 3 is 2.38 bits per heavy atom. The summed E-state index contributed by atoms with van der Waals surface area (Å²) in [6.45, 7) is 9.95. The van der Waals surface area contributed by atoms with Gasteiger partial charge in [-0.05, 0) is 31.4 Å². The summed E-state index contributed by atoms with van der Waals surface area (Å²) in [7, 11) is 0. The van der Waals surface area contributed by atoms with E-state index >= 15 is 0 Å². The summed E-state index contributed by atoms with van der Waals surface area (Å²) in [6.07, 6.45) is 4.90. The highest BCUT2D eigenvalue weighted by Gasteiger charge is 2.33. The van der Waals surface area contributed by atoms with Crippen LogP contribution in [0.2, 0.25) is 0 Å². The van der Waals surface area contributed by atoms with Crippen LogP contribution in [0.1, 0.15) is 25.3 Å². The van der Waals surface area contributed by atoms with Crippen molar-refractivity contribution in [3.63, 3.8) is 0 Å². The van der Waals surface area contributed by atoms with Crippen LogP contribution in [0.5, 0.6) is 0 Å². The van der Waals surface area contributed by atoms with E-state index in [2.05, 4.69) is 18.5 Å². The zero-order valence-electron chi connectivity index (χ0n) is 12.2. The van der Waals surface area contributed by atoms with Crippen molar-refractivity contribution < 1.29 is 9.72 Å². The van der Waals surface area contributed by atoms with Gasteiger partial charge in [-0.3, -0.25) is 10.1 Å². The summed E-state index contributed by atoms with van der Waals surface area (Å²) in [4.78, 5) is 22.3. The molecule has 1 N–H and O–H groups in total. The maximum atomic E-state index is 11.8. The van der Waals surface area contributed by atoms with Gasteiger partial charge in [-0.2, -0.15) is 0 Å². The zero-order chi connectivity index (χ0) is 15.9. The molecular weight excluding hydrogens is 268 g/mol. The summed E-state index contributed by atoms with van der Waals surface area (Å²) >= 11 is 0. The molecule has 0 radical (unpaired) electrons. The van der Waals surface area contributed by atoms with Crippen molar-refractivity contribution in [2.24, 2.45) is 0 Å². The predicted octanol–water partition coefficient (Wildman–Crippen LogP) is 3.62. The molecule has 5 heteroatoms. The second kappa shape index (κ2) is 7.38. The molecule has 0 amide bonds. The largest absolute Gasteiger partial charge is 0.385 e. The van der Waals surface area contributed by atoms with E-state index in [1.807, 2.05) is 6.92 Å². The lowest BCUT2D eigenvalue weighted by Gasteiger charge is -2.28. The maximum Gasteiger partial charge on any atom is 0.269 e. The van der Waals surface area contributed by atoms with Crippen LogP contribution in [-0.2, 0) is 10.2 Å². The van der Waals surface area contributed by atoms with Crippen molar-refractivity contribution in [1.29, 1.82) is 0 Å². The van der Waals surface area contributed by atoms with E-state index < -0.39 is 10.3 Å². The summed E-state index contributed by atoms with van der Waals surface area (Å²) in [6, 6.07) is 4.53. The van der Waals surface area contributed by atoms with E-state index in [1.165, 1.54) is 12.1 Å². The van der Waals surface area contributed by atoms with Gasteiger partial charge in [0.15, 0.2) is 0 Å². The molecule has 21 heavy (non-hydrogen) atoms. The molecule has 0 heterocycles. The summed E-state index contributed by atoms with van der Waals surface area (Å²) in [5.74, 6) is 0. The second-order valence-corrected chi connectivity index (χ2v) is 4.78. The number of nitrogens with one attached hydrogen (secondary N) is 1. The molecule has 0 aliphatic heterocycles. The Kier molecular flexibility index (Phi) is 5.84. The van der Waals surface area contributed by atoms with Crippen molar-refractivity contribution in [1.82, 2.24) is 0 Å². The molecule has 0 saturated heterocycles. The van der Waals surface area contributed by atoms with Crippen LogP contribution >= 0.6 is 0 Å². The average Bonchev–Trinajstić information content (AvgIpc) is 2.47. The van der Waals surface area contributed by atoms with Crippen LogP contribution in [0, 0.1) is 10.1 Å². The number of aldehydes is 1. The molecule has 0 aliphatic carbocycles. The van der Waals surface area contributed by atoms with E-state index in [1.54, 1.807) is 18.2 Å². The third kappa shape index (κ3) is 3.56. The first kappa shape index (κ1) is 16.6. The van der Waals surface area contributed by atoms with Crippen LogP contribution < -0.4 is 5.32 Å². The quantitative estimate of drug-likeness (QED) is 0.326. The van der Waals surface area contributed by atoms with Crippen molar-refractivity contribution >= 4 is 17.7 Å². The molecule has 1 aromatic rings. The first-order valence-electron chi connectivity index (χ1n) is 6.75. The number of allylic oxidation sites excluding steroid dienone is 2. The van der Waals surface area contributed by atoms with Gasteiger partial charge >= 0.3 is 0 Å². The monoisotopic (exact) mass is 288 g/mol. The molecule has 0 aliphatic rings. The molecule has 1 aromatic carbocycles. The van der Waals surface area contributed by atoms with E-state index in [9.17, 15) is 14.9 Å². The van der Waals surface area contributed by atoms with Crippen LogP contribution in [0.25, 0.3) is 0 Å². The van der Waals surface area contributed by atoms with Gasteiger partial charge in [0.2, 0.25) is 0 Å². The lowest BCUT2D eigenvalue weighted by Crippen LogP contribution is -2.28. The number of hydrogen-bond donors (Lipinski definition) is 1. The van der Waals surface area contributed by atoms with Gasteiger partial charge in [0.1, 0.15) is 6.29 Å². The minimum Gasteiger partial charge on any atom is -0.385 e. The SMILES string of the molecule is C=CCC(C=O)(CC=C)c1cc([N+](=O)[O-])ccc1NCC. The Hall–Kier alpha value is -2.43. The van der Waals surface area contributed by atoms with Crippen molar-refractivity contribution in [2.75, 3.05) is 11.9 Å². The van der Waals surface area contributed by atoms with Crippen LogP contribution in [0.15, 0.2) is 43.5 Å². The highest BCUT2D eigenvalue weighted by Crippen LogP contribution is 2.37. The number of nitro benzene ring substituents is 1. The Labute approximate surface area is 124 Å². The number of rotatable bonds is 9. The molecular formula is C16H20N2O3. The molecule has 0 spiro atoms. The molecule has 0 fully saturated rings. The molecule has 0 bridgehead atoms. The highest BCUT2D eigenvalue weighted by molar-refractivity contribution is 5.75. The lowest BCUT2D eigenvalue weighted by molar-refractivity contribution is -0.384. The van der Waals surface area contributed by atoms with Crippen LogP contribution in [0.4, 0.5) is 11.4 Å². The number of hydrogen-bond acceptors (Lipinski definition) is 4. The normalized spacial score (nSPS) is 10.7. The fourth-order valence-corrected chi connectivity index (χ4v) is 2.38. The standard InChI is InChI=1S/C16H20N2O3/c1-4-9-16(12-19,10-5-2)14-11-13(18(20)21)7-8-15(14)17-6-3/h4-5,7-8,11-12,17H,1-2,6,9-10H2,3H3. The summed E-state index contributed by atoms with van der Waals surface area (Å²) < 4.78 is 0. The molecule has 0 unspecified atom stereocenters. The number of carbonyl (C=O) groups excluding carboxylic acids is 1. The first-order valence-corrected chi connectivity index (χ1v) is 6.75. The fraction of sp³-hybridized carbons (Fsp3) is 0.312. The van der Waals surface area contributed by atoms with Gasteiger partial charge in [0.25, 0.3) is 5.69 Å². The van der Waals surface area contributed by atoms with E-state index in [0.717, 1.165) is 12.0 Å². The van der Waals surface area contributed by atoms with Crippen molar-refractivity contribution in [3.05, 3.63) is 59.2 Å². The van der Waals surface area contributed by atoms with E-state index in [-0.39, 0.29) is 5.69 Å². The highest BCUT2D eigenvalue weighted by atomic mass is 16.6. The van der Waals surface area contributed by atoms with Gasteiger partial charge < -0.3 is 10.1 Å². The van der Waals surface area contributed by atoms with Crippen molar-refractivity contribution in [2.45, 2.75) is 25.2 Å². The molecule has 0 saturated carbocycles. The zero-order valence-corrected chi connectivity index (χ0v) is 12.2. The first-order chi connectivity index (χ1) is 10.0. The summed E-state index contributed by atoms with van der Waals surface area (Å²) in [5.41, 5.74) is 0.408. The van der Waals surface area contributed by atoms with Crippen LogP contribution in [0.3, 0.4) is 0 Å². The van der Waals surface area contributed by atoms with Crippen LogP contribution in [-0.4, -0.2) is 17.8 Å². The predicted molar refractivity (Wildman–Crippen MR) is 84.6 cm³/mol. The maximum absolute atomic E-state index is 11.8.